The minimum atomic E-state index is 0.250. The van der Waals surface area contributed by atoms with Crippen molar-refractivity contribution in [2.75, 3.05) is 0 Å². The first-order valence-electron chi connectivity index (χ1n) is 7.03. The van der Waals surface area contributed by atoms with Gasteiger partial charge in [0.25, 0.3) is 0 Å². The van der Waals surface area contributed by atoms with E-state index in [1.165, 1.54) is 27.1 Å². The second kappa shape index (κ2) is 4.38. The van der Waals surface area contributed by atoms with Gasteiger partial charge in [0.2, 0.25) is 0 Å². The molecule has 0 aliphatic carbocycles. The number of hydrogen-bond acceptors (Lipinski definition) is 0. The summed E-state index contributed by atoms with van der Waals surface area (Å²) in [4.78, 5) is 0. The third-order valence-corrected chi connectivity index (χ3v) is 4.37. The first-order chi connectivity index (χ1) is 9.10. The number of fused-ring (bicyclic) bond motifs is 2. The molecule has 0 unspecified atom stereocenters. The lowest BCUT2D eigenvalue weighted by atomic mass is 9.81. The van der Waals surface area contributed by atoms with Crippen LogP contribution in [0.15, 0.2) is 54.6 Å². The highest BCUT2D eigenvalue weighted by atomic mass is 14.2. The van der Waals surface area contributed by atoms with E-state index in [0.29, 0.717) is 0 Å². The monoisotopic (exact) mass is 248 g/mol. The lowest BCUT2D eigenvalue weighted by molar-refractivity contribution is 0.507. The topological polar surface area (TPSA) is 0 Å². The predicted molar refractivity (Wildman–Crippen MR) is 84.8 cm³/mol. The van der Waals surface area contributed by atoms with Crippen LogP contribution in [0.4, 0.5) is 0 Å². The minimum Gasteiger partial charge on any atom is -0.0646 e. The maximum Gasteiger partial charge on any atom is -0.0106 e. The van der Waals surface area contributed by atoms with Crippen LogP contribution in [0.1, 0.15) is 32.8 Å². The van der Waals surface area contributed by atoms with Gasteiger partial charge in [0.15, 0.2) is 0 Å². The third kappa shape index (κ3) is 2.12. The molecule has 0 aromatic heterocycles. The molecule has 0 amide bonds. The Morgan fingerprint density at radius 3 is 1.95 bits per heavy atom. The van der Waals surface area contributed by atoms with E-state index in [-0.39, 0.29) is 5.41 Å². The zero-order valence-corrected chi connectivity index (χ0v) is 11.9. The van der Waals surface area contributed by atoms with Crippen LogP contribution in [0.3, 0.4) is 0 Å². The molecule has 0 bridgehead atoms. The number of rotatable bonds is 2. The molecule has 96 valence electrons. The van der Waals surface area contributed by atoms with E-state index < -0.39 is 0 Å². The van der Waals surface area contributed by atoms with Gasteiger partial charge in [-0.1, -0.05) is 63.2 Å². The van der Waals surface area contributed by atoms with Gasteiger partial charge in [0.1, 0.15) is 0 Å². The standard InChI is InChI=1S/C19H20/c1-4-19(2,3)18-10-9-16-11-14-7-5-6-8-15(14)12-17(16)13-18/h5-13H,4H2,1-3H3. The summed E-state index contributed by atoms with van der Waals surface area (Å²) >= 11 is 0. The molecule has 0 aliphatic heterocycles. The fourth-order valence-electron chi connectivity index (χ4n) is 2.57. The van der Waals surface area contributed by atoms with E-state index in [4.69, 9.17) is 0 Å². The fraction of sp³-hybridized carbons (Fsp3) is 0.263. The van der Waals surface area contributed by atoms with E-state index in [1.807, 2.05) is 0 Å². The van der Waals surface area contributed by atoms with Crippen LogP contribution in [-0.4, -0.2) is 0 Å². The summed E-state index contributed by atoms with van der Waals surface area (Å²) in [6.45, 7) is 6.88. The molecule has 0 heteroatoms. The lowest BCUT2D eigenvalue weighted by Crippen LogP contribution is -2.15. The van der Waals surface area contributed by atoms with E-state index in [0.717, 1.165) is 6.42 Å². The van der Waals surface area contributed by atoms with E-state index in [2.05, 4.69) is 75.4 Å². The Morgan fingerprint density at radius 1 is 0.737 bits per heavy atom. The molecule has 0 nitrogen and oxygen atoms in total. The minimum absolute atomic E-state index is 0.250. The molecule has 0 heterocycles. The molecule has 0 atom stereocenters. The van der Waals surface area contributed by atoms with Gasteiger partial charge in [0.05, 0.1) is 0 Å². The van der Waals surface area contributed by atoms with E-state index in [1.54, 1.807) is 0 Å². The normalized spacial score (nSPS) is 12.2. The highest BCUT2D eigenvalue weighted by molar-refractivity contribution is 5.98. The number of benzene rings is 3. The second-order valence-electron chi connectivity index (χ2n) is 6.00. The molecular weight excluding hydrogens is 228 g/mol. The van der Waals surface area contributed by atoms with Gasteiger partial charge < -0.3 is 0 Å². The molecule has 3 rings (SSSR count). The molecule has 0 saturated heterocycles. The van der Waals surface area contributed by atoms with Crippen molar-refractivity contribution >= 4 is 21.5 Å². The second-order valence-corrected chi connectivity index (χ2v) is 6.00. The average molecular weight is 248 g/mol. The first-order valence-corrected chi connectivity index (χ1v) is 7.03. The van der Waals surface area contributed by atoms with Crippen molar-refractivity contribution in [3.05, 3.63) is 60.2 Å². The third-order valence-electron chi connectivity index (χ3n) is 4.37. The van der Waals surface area contributed by atoms with Gasteiger partial charge in [0, 0.05) is 0 Å². The van der Waals surface area contributed by atoms with Gasteiger partial charge in [-0.3, -0.25) is 0 Å². The molecule has 0 aliphatic rings. The summed E-state index contributed by atoms with van der Waals surface area (Å²) < 4.78 is 0. The Hall–Kier alpha value is -1.82. The Labute approximate surface area is 115 Å². The fourth-order valence-corrected chi connectivity index (χ4v) is 2.57. The van der Waals surface area contributed by atoms with Crippen molar-refractivity contribution in [1.29, 1.82) is 0 Å². The molecule has 0 fully saturated rings. The Morgan fingerprint density at radius 2 is 1.32 bits per heavy atom. The summed E-state index contributed by atoms with van der Waals surface area (Å²) in [5.74, 6) is 0. The van der Waals surface area contributed by atoms with Crippen LogP contribution in [-0.2, 0) is 5.41 Å². The summed E-state index contributed by atoms with van der Waals surface area (Å²) in [5, 5.41) is 5.31. The SMILES string of the molecule is CCC(C)(C)c1ccc2cc3ccccc3cc2c1. The first kappa shape index (κ1) is 12.2. The Bertz CT molecular complexity index is 735. The molecule has 19 heavy (non-hydrogen) atoms. The van der Waals surface area contributed by atoms with Gasteiger partial charge in [-0.2, -0.15) is 0 Å². The molecule has 0 N–H and O–H groups in total. The van der Waals surface area contributed by atoms with Crippen LogP contribution < -0.4 is 0 Å². The highest BCUT2D eigenvalue weighted by Crippen LogP contribution is 2.31. The molecule has 0 spiro atoms. The molecule has 3 aromatic carbocycles. The zero-order chi connectivity index (χ0) is 13.5. The largest absolute Gasteiger partial charge is 0.0646 e. The van der Waals surface area contributed by atoms with Crippen LogP contribution in [0, 0.1) is 0 Å². The van der Waals surface area contributed by atoms with E-state index in [9.17, 15) is 0 Å². The summed E-state index contributed by atoms with van der Waals surface area (Å²) in [7, 11) is 0. The molecule has 0 radical (unpaired) electrons. The summed E-state index contributed by atoms with van der Waals surface area (Å²) in [6, 6.07) is 20.1. The van der Waals surface area contributed by atoms with Crippen molar-refractivity contribution in [2.24, 2.45) is 0 Å². The Balaban J connectivity index is 2.25. The maximum absolute atomic E-state index is 2.35. The van der Waals surface area contributed by atoms with Crippen molar-refractivity contribution < 1.29 is 0 Å². The smallest absolute Gasteiger partial charge is 0.0106 e. The zero-order valence-electron chi connectivity index (χ0n) is 11.9. The van der Waals surface area contributed by atoms with Gasteiger partial charge in [-0.05, 0) is 51.1 Å². The molecule has 3 aromatic rings. The number of hydrogen-bond donors (Lipinski definition) is 0. The summed E-state index contributed by atoms with van der Waals surface area (Å²) in [5.41, 5.74) is 1.68. The van der Waals surface area contributed by atoms with Gasteiger partial charge in [-0.15, -0.1) is 0 Å². The van der Waals surface area contributed by atoms with Gasteiger partial charge >= 0.3 is 0 Å². The predicted octanol–water partition coefficient (Wildman–Crippen LogP) is 5.68. The van der Waals surface area contributed by atoms with Crippen LogP contribution in [0.25, 0.3) is 21.5 Å². The van der Waals surface area contributed by atoms with Crippen LogP contribution >= 0.6 is 0 Å². The quantitative estimate of drug-likeness (QED) is 0.512. The molecular formula is C19H20. The lowest BCUT2D eigenvalue weighted by Gasteiger charge is -2.23. The van der Waals surface area contributed by atoms with Crippen molar-refractivity contribution in [3.8, 4) is 0 Å². The average Bonchev–Trinajstić information content (AvgIpc) is 2.44. The van der Waals surface area contributed by atoms with Crippen molar-refractivity contribution in [3.63, 3.8) is 0 Å². The van der Waals surface area contributed by atoms with Crippen molar-refractivity contribution in [2.45, 2.75) is 32.6 Å². The molecule has 0 saturated carbocycles. The maximum atomic E-state index is 2.35. The van der Waals surface area contributed by atoms with E-state index >= 15 is 0 Å². The van der Waals surface area contributed by atoms with Crippen molar-refractivity contribution in [1.82, 2.24) is 0 Å². The highest BCUT2D eigenvalue weighted by Gasteiger charge is 2.17. The van der Waals surface area contributed by atoms with Crippen LogP contribution in [0.2, 0.25) is 0 Å². The van der Waals surface area contributed by atoms with Crippen LogP contribution in [0.5, 0.6) is 0 Å². The summed E-state index contributed by atoms with van der Waals surface area (Å²) in [6.07, 6.45) is 1.16. The van der Waals surface area contributed by atoms with Gasteiger partial charge in [-0.25, -0.2) is 0 Å². The Kier molecular flexibility index (Phi) is 2.82.